The zero-order valence-electron chi connectivity index (χ0n) is 34.2. The first-order valence-corrected chi connectivity index (χ1v) is 21.6. The molecule has 0 aromatic heterocycles. The predicted octanol–water partition coefficient (Wildman–Crippen LogP) is 0.509. The fraction of sp³-hybridized carbons (Fsp3) is 0.300. The number of primary amides is 2. The quantitative estimate of drug-likeness (QED) is 0.0277. The molecular formula is C40H50CaN6O14S2. The van der Waals surface area contributed by atoms with E-state index in [0.29, 0.717) is 34.3 Å². The average molecular weight is 943 g/mol. The Kier molecular flexibility index (Phi) is 19.7. The summed E-state index contributed by atoms with van der Waals surface area (Å²) in [7, 11) is -4.84. The Morgan fingerprint density at radius 3 is 1.52 bits per heavy atom. The molecule has 0 saturated heterocycles. The molecule has 338 valence electrons. The van der Waals surface area contributed by atoms with Crippen LogP contribution in [0.15, 0.2) is 84.9 Å². The molecule has 63 heavy (non-hydrogen) atoms. The van der Waals surface area contributed by atoms with Gasteiger partial charge in [-0.15, -0.1) is 0 Å². The van der Waals surface area contributed by atoms with E-state index in [9.17, 15) is 40.6 Å². The van der Waals surface area contributed by atoms with Gasteiger partial charge in [-0.2, -0.15) is 16.8 Å². The van der Waals surface area contributed by atoms with Crippen LogP contribution in [0.4, 0.5) is 11.4 Å². The number of nitrogens with one attached hydrogen (secondary N) is 2. The molecule has 0 heterocycles. The molecule has 4 aromatic carbocycles. The molecule has 0 aliphatic heterocycles. The van der Waals surface area contributed by atoms with Crippen LogP contribution >= 0.6 is 0 Å². The molecule has 0 bridgehead atoms. The van der Waals surface area contributed by atoms with Crippen LogP contribution in [0.5, 0.6) is 23.0 Å². The Morgan fingerprint density at radius 1 is 0.635 bits per heavy atom. The molecule has 0 fully saturated rings. The number of ether oxygens (including phenoxy) is 4. The number of benzene rings is 4. The van der Waals surface area contributed by atoms with Gasteiger partial charge in [0, 0.05) is 35.6 Å². The Labute approximate surface area is 395 Å². The monoisotopic (exact) mass is 942 g/mol. The summed E-state index contributed by atoms with van der Waals surface area (Å²) in [5, 5.41) is 5.28. The summed E-state index contributed by atoms with van der Waals surface area (Å²) >= 11 is 0. The van der Waals surface area contributed by atoms with Gasteiger partial charge in [-0.05, 0) is 84.6 Å². The summed E-state index contributed by atoms with van der Waals surface area (Å²) in [5.41, 5.74) is 9.13. The Hall–Kier alpha value is -5.36. The molecule has 4 aromatic rings. The van der Waals surface area contributed by atoms with Crippen molar-refractivity contribution in [2.24, 2.45) is 11.5 Å². The fourth-order valence-electron chi connectivity index (χ4n) is 6.01. The van der Waals surface area contributed by atoms with E-state index in [1.807, 2.05) is 0 Å². The average Bonchev–Trinajstić information content (AvgIpc) is 3.24. The second kappa shape index (κ2) is 23.9. The number of amides is 4. The number of nitrogens with two attached hydrogens (primary N) is 2. The first-order chi connectivity index (χ1) is 29.4. The molecule has 0 aliphatic carbocycles. The number of carbonyl (C=O) groups excluding carboxylic acids is 4. The van der Waals surface area contributed by atoms with Crippen LogP contribution < -0.4 is 50.8 Å². The number of nitrogens with zero attached hydrogens (tertiary/aromatic N) is 2. The van der Waals surface area contributed by atoms with Gasteiger partial charge < -0.3 is 50.8 Å². The van der Waals surface area contributed by atoms with Gasteiger partial charge in [0.1, 0.15) is 12.4 Å². The van der Waals surface area contributed by atoms with E-state index in [-0.39, 0.29) is 79.8 Å². The standard InChI is InChI=1S/C40H48N6O14S2.Ca.2H/c1-56-32-13-11-26(19-34(32)58-3)15-17-43-36(47)23-45(30-9-5-7-28(21-30)38(41)49)25-61(51,52)60-40(62(53,54)55)46(31-10-6-8-29(22-31)39(42)50)24-37(48)44-18-16-27-12-14-33(57-2)35(20-27)59-4;;;/h5-14,19-22,40H,15-18,23-25H2,1-4H3,(H2,41,49)(H2,42,50)(H,43,47)(H,44,48)(H,53,54,55);;;. The van der Waals surface area contributed by atoms with Crippen LogP contribution in [0.1, 0.15) is 31.8 Å². The van der Waals surface area contributed by atoms with Gasteiger partial charge in [-0.3, -0.25) is 23.7 Å². The van der Waals surface area contributed by atoms with Crippen molar-refractivity contribution in [1.82, 2.24) is 10.6 Å². The number of anilines is 2. The van der Waals surface area contributed by atoms with E-state index in [1.165, 1.54) is 70.9 Å². The zero-order chi connectivity index (χ0) is 45.6. The normalized spacial score (nSPS) is 11.6. The molecule has 0 aliphatic rings. The summed E-state index contributed by atoms with van der Waals surface area (Å²) < 4.78 is 90.7. The van der Waals surface area contributed by atoms with Crippen molar-refractivity contribution in [1.29, 1.82) is 0 Å². The maximum absolute atomic E-state index is 13.9. The number of rotatable bonds is 24. The first kappa shape index (κ1) is 52.0. The summed E-state index contributed by atoms with van der Waals surface area (Å²) in [6.07, 6.45) is 0.601. The molecule has 0 spiro atoms. The van der Waals surface area contributed by atoms with Crippen molar-refractivity contribution >= 4 is 93.0 Å². The van der Waals surface area contributed by atoms with Crippen LogP contribution in [0, 0.1) is 0 Å². The van der Waals surface area contributed by atoms with Crippen LogP contribution in [-0.2, 0) is 46.9 Å². The minimum atomic E-state index is -5.56. The van der Waals surface area contributed by atoms with Crippen molar-refractivity contribution < 1.29 is 63.7 Å². The van der Waals surface area contributed by atoms with Gasteiger partial charge in [0.2, 0.25) is 23.6 Å². The van der Waals surface area contributed by atoms with Crippen molar-refractivity contribution in [2.45, 2.75) is 18.4 Å². The van der Waals surface area contributed by atoms with Crippen molar-refractivity contribution in [3.05, 3.63) is 107 Å². The molecule has 1 atom stereocenters. The SMILES string of the molecule is COc1ccc(CCNC(=O)CN(CS(=O)(=O)OC(N(CC(=O)NCCc2ccc(OC)c(OC)c2)c2cccc(C(N)=O)c2)S(=O)(=O)O)c2cccc(C(N)=O)c2)cc1OC.[CaH2]. The van der Waals surface area contributed by atoms with Crippen molar-refractivity contribution in [2.75, 3.05) is 70.3 Å². The summed E-state index contributed by atoms with van der Waals surface area (Å²) in [4.78, 5) is 52.4. The third-order valence-corrected chi connectivity index (χ3v) is 11.1. The molecule has 0 radical (unpaired) electrons. The van der Waals surface area contributed by atoms with Gasteiger partial charge in [0.25, 0.3) is 15.7 Å². The molecule has 4 amide bonds. The zero-order valence-corrected chi connectivity index (χ0v) is 35.9. The Balaban J connectivity index is 0.0000106. The van der Waals surface area contributed by atoms with Crippen LogP contribution in [0.25, 0.3) is 0 Å². The van der Waals surface area contributed by atoms with E-state index in [1.54, 1.807) is 36.4 Å². The second-order valence-electron chi connectivity index (χ2n) is 13.3. The number of hydrogen-bond donors (Lipinski definition) is 5. The summed E-state index contributed by atoms with van der Waals surface area (Å²) in [6.45, 7) is -1.50. The Morgan fingerprint density at radius 2 is 1.08 bits per heavy atom. The number of carbonyl (C=O) groups is 4. The van der Waals surface area contributed by atoms with Crippen molar-refractivity contribution in [3.63, 3.8) is 0 Å². The van der Waals surface area contributed by atoms with Crippen LogP contribution in [-0.4, -0.2) is 149 Å². The topological polar surface area (TPSA) is 286 Å². The van der Waals surface area contributed by atoms with E-state index >= 15 is 0 Å². The summed E-state index contributed by atoms with van der Waals surface area (Å²) in [6, 6.07) is 20.4. The molecule has 4 rings (SSSR count). The third-order valence-electron chi connectivity index (χ3n) is 9.03. The minimum absolute atomic E-state index is 0. The second-order valence-corrected chi connectivity index (χ2v) is 16.3. The van der Waals surface area contributed by atoms with E-state index in [0.717, 1.165) is 22.1 Å². The van der Waals surface area contributed by atoms with Crippen molar-refractivity contribution in [3.8, 4) is 23.0 Å². The van der Waals surface area contributed by atoms with E-state index in [2.05, 4.69) is 10.6 Å². The first-order valence-electron chi connectivity index (χ1n) is 18.5. The maximum atomic E-state index is 13.9. The molecular weight excluding hydrogens is 893 g/mol. The van der Waals surface area contributed by atoms with Gasteiger partial charge in [-0.25, -0.2) is 4.18 Å². The fourth-order valence-corrected chi connectivity index (χ4v) is 8.32. The number of hydrogen-bond acceptors (Lipinski definition) is 15. The van der Waals surface area contributed by atoms with Gasteiger partial charge >= 0.3 is 47.9 Å². The molecule has 1 unspecified atom stereocenters. The van der Waals surface area contributed by atoms with E-state index in [4.69, 9.17) is 34.6 Å². The van der Waals surface area contributed by atoms with Crippen LogP contribution in [0.3, 0.4) is 0 Å². The molecule has 23 heteroatoms. The Bertz CT molecular complexity index is 2480. The summed E-state index contributed by atoms with van der Waals surface area (Å²) in [5.74, 6) is -2.68. The van der Waals surface area contributed by atoms with Gasteiger partial charge in [0.15, 0.2) is 23.0 Å². The van der Waals surface area contributed by atoms with Gasteiger partial charge in [-0.1, -0.05) is 24.3 Å². The van der Waals surface area contributed by atoms with Gasteiger partial charge in [0.05, 0.1) is 35.0 Å². The molecule has 7 N–H and O–H groups in total. The third kappa shape index (κ3) is 15.4. The van der Waals surface area contributed by atoms with Crippen LogP contribution in [0.2, 0.25) is 0 Å². The molecule has 0 saturated carbocycles. The molecule has 20 nitrogen and oxygen atoms in total. The predicted molar refractivity (Wildman–Crippen MR) is 236 cm³/mol. The number of methoxy groups -OCH3 is 4. The van der Waals surface area contributed by atoms with E-state index < -0.39 is 68.4 Å².